The van der Waals surface area contributed by atoms with E-state index in [1.807, 2.05) is 18.2 Å². The molecule has 0 aliphatic rings. The number of nitrogens with zero attached hydrogens (tertiary/aromatic N) is 1. The Morgan fingerprint density at radius 3 is 2.33 bits per heavy atom. The monoisotopic (exact) mass is 196 g/mol. The Hall–Kier alpha value is -2.14. The van der Waals surface area contributed by atoms with Crippen LogP contribution in [0.25, 0.3) is 11.1 Å². The summed E-state index contributed by atoms with van der Waals surface area (Å²) in [6.45, 7) is 0. The van der Waals surface area contributed by atoms with E-state index in [-0.39, 0.29) is 5.82 Å². The Labute approximate surface area is 87.4 Å². The van der Waals surface area contributed by atoms with E-state index in [9.17, 15) is 4.39 Å². The Morgan fingerprint density at radius 1 is 1.07 bits per heavy atom. The third-order valence-electron chi connectivity index (χ3n) is 2.10. The normalized spacial score (nSPS) is 9.60. The number of nitriles is 1. The van der Waals surface area contributed by atoms with E-state index in [4.69, 9.17) is 5.26 Å². The van der Waals surface area contributed by atoms with Gasteiger partial charge in [0.2, 0.25) is 0 Å². The second-order valence-electron chi connectivity index (χ2n) is 3.11. The van der Waals surface area contributed by atoms with Crippen LogP contribution in [0, 0.1) is 23.2 Å². The SMILES string of the molecule is N#Cc1ccc(-c2[c]cc(F)cc2)cc1. The van der Waals surface area contributed by atoms with E-state index >= 15 is 0 Å². The van der Waals surface area contributed by atoms with Gasteiger partial charge in [0.25, 0.3) is 0 Å². The number of hydrogen-bond acceptors (Lipinski definition) is 1. The Bertz CT molecular complexity index is 492. The lowest BCUT2D eigenvalue weighted by Crippen LogP contribution is -1.80. The van der Waals surface area contributed by atoms with Crippen molar-refractivity contribution < 1.29 is 4.39 Å². The summed E-state index contributed by atoms with van der Waals surface area (Å²) in [4.78, 5) is 0. The van der Waals surface area contributed by atoms with Crippen LogP contribution in [0.15, 0.2) is 42.5 Å². The molecule has 0 amide bonds. The number of hydrogen-bond donors (Lipinski definition) is 0. The van der Waals surface area contributed by atoms with Crippen molar-refractivity contribution in [3.8, 4) is 17.2 Å². The molecule has 2 heteroatoms. The molecule has 0 bridgehead atoms. The van der Waals surface area contributed by atoms with Gasteiger partial charge in [0.1, 0.15) is 5.82 Å². The minimum Gasteiger partial charge on any atom is -0.207 e. The summed E-state index contributed by atoms with van der Waals surface area (Å²) in [6, 6.07) is 16.3. The maximum absolute atomic E-state index is 12.6. The standard InChI is InChI=1S/C13H7FN/c14-13-7-5-12(6-8-13)11-3-1-10(9-15)2-4-11/h1-5,7-8H. The predicted molar refractivity (Wildman–Crippen MR) is 55.4 cm³/mol. The highest BCUT2D eigenvalue weighted by Crippen LogP contribution is 2.19. The van der Waals surface area contributed by atoms with Gasteiger partial charge in [-0.3, -0.25) is 0 Å². The molecular weight excluding hydrogens is 189 g/mol. The predicted octanol–water partition coefficient (Wildman–Crippen LogP) is 3.16. The Morgan fingerprint density at radius 2 is 1.80 bits per heavy atom. The van der Waals surface area contributed by atoms with Crippen molar-refractivity contribution in [1.82, 2.24) is 0 Å². The number of benzene rings is 2. The fourth-order valence-corrected chi connectivity index (χ4v) is 1.31. The van der Waals surface area contributed by atoms with Gasteiger partial charge in [-0.1, -0.05) is 18.2 Å². The van der Waals surface area contributed by atoms with E-state index in [2.05, 4.69) is 6.07 Å². The minimum atomic E-state index is -0.299. The molecular formula is C13H7FN. The topological polar surface area (TPSA) is 23.8 Å². The lowest BCUT2D eigenvalue weighted by molar-refractivity contribution is 0.628. The highest BCUT2D eigenvalue weighted by molar-refractivity contribution is 5.63. The largest absolute Gasteiger partial charge is 0.207 e. The Balaban J connectivity index is 2.38. The summed E-state index contributed by atoms with van der Waals surface area (Å²) < 4.78 is 12.6. The molecule has 2 aromatic rings. The highest BCUT2D eigenvalue weighted by Gasteiger charge is 1.98. The molecule has 0 heterocycles. The quantitative estimate of drug-likeness (QED) is 0.687. The van der Waals surface area contributed by atoms with Crippen LogP contribution in [0.2, 0.25) is 0 Å². The molecule has 2 aromatic carbocycles. The van der Waals surface area contributed by atoms with Crippen LogP contribution in [0.3, 0.4) is 0 Å². The molecule has 0 aliphatic heterocycles. The first-order chi connectivity index (χ1) is 7.29. The summed E-state index contributed by atoms with van der Waals surface area (Å²) >= 11 is 0. The van der Waals surface area contributed by atoms with Gasteiger partial charge in [-0.25, -0.2) is 4.39 Å². The minimum absolute atomic E-state index is 0.299. The van der Waals surface area contributed by atoms with Crippen LogP contribution in [0.1, 0.15) is 5.56 Å². The average Bonchev–Trinajstić information content (AvgIpc) is 2.30. The van der Waals surface area contributed by atoms with E-state index in [1.54, 1.807) is 18.2 Å². The highest BCUT2D eigenvalue weighted by atomic mass is 19.1. The zero-order chi connectivity index (χ0) is 10.7. The van der Waals surface area contributed by atoms with Gasteiger partial charge in [-0.2, -0.15) is 5.26 Å². The van der Waals surface area contributed by atoms with Crippen molar-refractivity contribution in [2.45, 2.75) is 0 Å². The molecule has 0 aliphatic carbocycles. The average molecular weight is 196 g/mol. The summed E-state index contributed by atoms with van der Waals surface area (Å²) in [7, 11) is 0. The van der Waals surface area contributed by atoms with Crippen molar-refractivity contribution >= 4 is 0 Å². The number of halogens is 1. The molecule has 0 unspecified atom stereocenters. The molecule has 0 spiro atoms. The van der Waals surface area contributed by atoms with Gasteiger partial charge in [0, 0.05) is 0 Å². The molecule has 1 nitrogen and oxygen atoms in total. The molecule has 0 saturated heterocycles. The fraction of sp³-hybridized carbons (Fsp3) is 0. The van der Waals surface area contributed by atoms with E-state index < -0.39 is 0 Å². The molecule has 15 heavy (non-hydrogen) atoms. The molecule has 0 N–H and O–H groups in total. The van der Waals surface area contributed by atoms with Gasteiger partial charge < -0.3 is 0 Å². The number of rotatable bonds is 1. The van der Waals surface area contributed by atoms with Crippen molar-refractivity contribution in [3.63, 3.8) is 0 Å². The lowest BCUT2D eigenvalue weighted by atomic mass is 10.0. The third kappa shape index (κ3) is 2.03. The van der Waals surface area contributed by atoms with Crippen molar-refractivity contribution in [3.05, 3.63) is 59.9 Å². The van der Waals surface area contributed by atoms with Crippen LogP contribution in [0.5, 0.6) is 0 Å². The molecule has 1 radical (unpaired) electrons. The first-order valence-electron chi connectivity index (χ1n) is 4.47. The van der Waals surface area contributed by atoms with Gasteiger partial charge in [0.15, 0.2) is 0 Å². The van der Waals surface area contributed by atoms with Crippen LogP contribution < -0.4 is 0 Å². The van der Waals surface area contributed by atoms with E-state index in [1.165, 1.54) is 12.1 Å². The van der Waals surface area contributed by atoms with Crippen molar-refractivity contribution in [1.29, 1.82) is 5.26 Å². The molecule has 0 atom stereocenters. The third-order valence-corrected chi connectivity index (χ3v) is 2.10. The van der Waals surface area contributed by atoms with Crippen LogP contribution in [-0.4, -0.2) is 0 Å². The van der Waals surface area contributed by atoms with Crippen LogP contribution in [0.4, 0.5) is 4.39 Å². The second-order valence-corrected chi connectivity index (χ2v) is 3.11. The zero-order valence-corrected chi connectivity index (χ0v) is 7.87. The van der Waals surface area contributed by atoms with Gasteiger partial charge in [-0.05, 0) is 41.5 Å². The zero-order valence-electron chi connectivity index (χ0n) is 7.87. The van der Waals surface area contributed by atoms with Crippen molar-refractivity contribution in [2.24, 2.45) is 0 Å². The van der Waals surface area contributed by atoms with Crippen LogP contribution in [-0.2, 0) is 0 Å². The maximum Gasteiger partial charge on any atom is 0.123 e. The smallest absolute Gasteiger partial charge is 0.123 e. The summed E-state index contributed by atoms with van der Waals surface area (Å²) in [5.74, 6) is -0.299. The first-order valence-corrected chi connectivity index (χ1v) is 4.47. The Kier molecular flexibility index (Phi) is 2.47. The van der Waals surface area contributed by atoms with Gasteiger partial charge in [-0.15, -0.1) is 0 Å². The molecule has 2 rings (SSSR count). The fourth-order valence-electron chi connectivity index (χ4n) is 1.31. The molecule has 0 aromatic heterocycles. The van der Waals surface area contributed by atoms with E-state index in [0.29, 0.717) is 5.56 Å². The summed E-state index contributed by atoms with van der Waals surface area (Å²) in [5, 5.41) is 8.63. The lowest BCUT2D eigenvalue weighted by Gasteiger charge is -2.00. The van der Waals surface area contributed by atoms with Gasteiger partial charge >= 0.3 is 0 Å². The van der Waals surface area contributed by atoms with Crippen LogP contribution >= 0.6 is 0 Å². The second kappa shape index (κ2) is 3.93. The summed E-state index contributed by atoms with van der Waals surface area (Å²) in [6.07, 6.45) is 0. The van der Waals surface area contributed by atoms with E-state index in [0.717, 1.165) is 11.1 Å². The molecule has 0 fully saturated rings. The first kappa shape index (κ1) is 9.42. The maximum atomic E-state index is 12.6. The molecule has 0 saturated carbocycles. The summed E-state index contributed by atoms with van der Waals surface area (Å²) in [5.41, 5.74) is 2.36. The molecule has 71 valence electrons. The van der Waals surface area contributed by atoms with Gasteiger partial charge in [0.05, 0.1) is 11.6 Å². The van der Waals surface area contributed by atoms with Crippen molar-refractivity contribution in [2.75, 3.05) is 0 Å².